The Balaban J connectivity index is 2.39. The summed E-state index contributed by atoms with van der Waals surface area (Å²) in [4.78, 5) is 13.2. The van der Waals surface area contributed by atoms with E-state index in [0.29, 0.717) is 13.0 Å². The highest BCUT2D eigenvalue weighted by Crippen LogP contribution is 2.24. The lowest BCUT2D eigenvalue weighted by atomic mass is 9.97. The fraction of sp³-hybridized carbons (Fsp3) is 0.909. The van der Waals surface area contributed by atoms with Crippen LogP contribution in [0.4, 0.5) is 4.39 Å². The topological polar surface area (TPSA) is 29.5 Å². The number of nitrogens with zero attached hydrogens (tertiary/aromatic N) is 1. The van der Waals surface area contributed by atoms with Crippen LogP contribution in [-0.4, -0.2) is 42.3 Å². The molecule has 1 saturated heterocycles. The summed E-state index contributed by atoms with van der Waals surface area (Å²) < 4.78 is 18.9. The van der Waals surface area contributed by atoms with E-state index >= 15 is 0 Å². The van der Waals surface area contributed by atoms with Gasteiger partial charge in [-0.1, -0.05) is 0 Å². The summed E-state index contributed by atoms with van der Waals surface area (Å²) >= 11 is 0. The van der Waals surface area contributed by atoms with Gasteiger partial charge in [0.15, 0.2) is 0 Å². The minimum Gasteiger partial charge on any atom is -0.369 e. The lowest BCUT2D eigenvalue weighted by Crippen LogP contribution is -2.47. The van der Waals surface area contributed by atoms with Gasteiger partial charge in [-0.3, -0.25) is 4.79 Å². The molecule has 0 spiro atoms. The fourth-order valence-electron chi connectivity index (χ4n) is 1.74. The molecular formula is C11H20FNO2. The maximum Gasteiger partial charge on any atom is 0.248 e. The second-order valence-corrected chi connectivity index (χ2v) is 4.69. The predicted molar refractivity (Wildman–Crippen MR) is 56.4 cm³/mol. The van der Waals surface area contributed by atoms with Gasteiger partial charge in [-0.2, -0.15) is 0 Å². The van der Waals surface area contributed by atoms with E-state index in [0.717, 1.165) is 6.42 Å². The molecule has 15 heavy (non-hydrogen) atoms. The fourth-order valence-corrected chi connectivity index (χ4v) is 1.74. The van der Waals surface area contributed by atoms with E-state index in [1.54, 1.807) is 11.8 Å². The second kappa shape index (κ2) is 4.92. The quantitative estimate of drug-likeness (QED) is 0.721. The van der Waals surface area contributed by atoms with Gasteiger partial charge in [-0.25, -0.2) is 4.39 Å². The number of alkyl halides is 1. The molecule has 0 radical (unpaired) electrons. The third-order valence-electron chi connectivity index (χ3n) is 2.54. The highest BCUT2D eigenvalue weighted by atomic mass is 19.1. The Labute approximate surface area is 90.6 Å². The van der Waals surface area contributed by atoms with Crippen molar-refractivity contribution in [3.63, 3.8) is 0 Å². The molecule has 1 rings (SSSR count). The standard InChI is InChI=1S/C11H20FNO2/c1-9(2)15-7-10(14)13-6-4-5-11(3,12)8-13/h9H,4-8H2,1-3H3/t11-/m1/s1. The number of amides is 1. The van der Waals surface area contributed by atoms with Gasteiger partial charge in [-0.15, -0.1) is 0 Å². The zero-order chi connectivity index (χ0) is 11.5. The van der Waals surface area contributed by atoms with Crippen molar-refractivity contribution in [2.24, 2.45) is 0 Å². The van der Waals surface area contributed by atoms with Crippen molar-refractivity contribution < 1.29 is 13.9 Å². The van der Waals surface area contributed by atoms with Crippen molar-refractivity contribution in [3.8, 4) is 0 Å². The monoisotopic (exact) mass is 217 g/mol. The molecule has 0 aromatic heterocycles. The van der Waals surface area contributed by atoms with Crippen molar-refractivity contribution in [2.75, 3.05) is 19.7 Å². The van der Waals surface area contributed by atoms with Crippen molar-refractivity contribution in [1.82, 2.24) is 4.90 Å². The number of likely N-dealkylation sites (tertiary alicyclic amines) is 1. The molecule has 1 amide bonds. The van der Waals surface area contributed by atoms with Gasteiger partial charge in [0.05, 0.1) is 12.6 Å². The molecule has 0 aromatic rings. The molecule has 0 aliphatic carbocycles. The van der Waals surface area contributed by atoms with Crippen LogP contribution in [-0.2, 0) is 9.53 Å². The number of carbonyl (C=O) groups is 1. The first kappa shape index (κ1) is 12.4. The number of ether oxygens (including phenoxy) is 1. The number of rotatable bonds is 3. The Hall–Kier alpha value is -0.640. The van der Waals surface area contributed by atoms with E-state index in [1.807, 2.05) is 13.8 Å². The lowest BCUT2D eigenvalue weighted by Gasteiger charge is -2.35. The average Bonchev–Trinajstić information content (AvgIpc) is 2.12. The Morgan fingerprint density at radius 2 is 2.27 bits per heavy atom. The molecular weight excluding hydrogens is 197 g/mol. The van der Waals surface area contributed by atoms with E-state index in [1.165, 1.54) is 0 Å². The van der Waals surface area contributed by atoms with Crippen LogP contribution in [0.5, 0.6) is 0 Å². The molecule has 1 atom stereocenters. The molecule has 3 nitrogen and oxygen atoms in total. The predicted octanol–water partition coefficient (Wildman–Crippen LogP) is 1.76. The number of hydrogen-bond donors (Lipinski definition) is 0. The Kier molecular flexibility index (Phi) is 4.08. The molecule has 0 N–H and O–H groups in total. The third-order valence-corrected chi connectivity index (χ3v) is 2.54. The first-order chi connectivity index (χ1) is 6.91. The Bertz CT molecular complexity index is 229. The molecule has 0 saturated carbocycles. The van der Waals surface area contributed by atoms with Crippen LogP contribution in [0.25, 0.3) is 0 Å². The van der Waals surface area contributed by atoms with Crippen LogP contribution in [0.2, 0.25) is 0 Å². The van der Waals surface area contributed by atoms with E-state index < -0.39 is 5.67 Å². The number of hydrogen-bond acceptors (Lipinski definition) is 2. The molecule has 1 heterocycles. The molecule has 1 aliphatic rings. The third kappa shape index (κ3) is 4.16. The van der Waals surface area contributed by atoms with Gasteiger partial charge >= 0.3 is 0 Å². The molecule has 0 unspecified atom stereocenters. The summed E-state index contributed by atoms with van der Waals surface area (Å²) in [5, 5.41) is 0. The first-order valence-electron chi connectivity index (χ1n) is 5.49. The first-order valence-corrected chi connectivity index (χ1v) is 5.49. The van der Waals surface area contributed by atoms with Crippen LogP contribution in [0, 0.1) is 0 Å². The summed E-state index contributed by atoms with van der Waals surface area (Å²) in [5.41, 5.74) is -1.23. The zero-order valence-electron chi connectivity index (χ0n) is 9.75. The van der Waals surface area contributed by atoms with E-state index in [4.69, 9.17) is 4.74 Å². The molecule has 1 fully saturated rings. The van der Waals surface area contributed by atoms with Gasteiger partial charge in [0, 0.05) is 6.54 Å². The highest BCUT2D eigenvalue weighted by Gasteiger charge is 2.32. The smallest absolute Gasteiger partial charge is 0.248 e. The van der Waals surface area contributed by atoms with Crippen molar-refractivity contribution in [3.05, 3.63) is 0 Å². The highest BCUT2D eigenvalue weighted by molar-refractivity contribution is 5.77. The van der Waals surface area contributed by atoms with Crippen LogP contribution < -0.4 is 0 Å². The van der Waals surface area contributed by atoms with Crippen molar-refractivity contribution in [2.45, 2.75) is 45.4 Å². The van der Waals surface area contributed by atoms with Crippen LogP contribution in [0.3, 0.4) is 0 Å². The van der Waals surface area contributed by atoms with Crippen molar-refractivity contribution in [1.29, 1.82) is 0 Å². The molecule has 0 aromatic carbocycles. The minimum absolute atomic E-state index is 0.0375. The lowest BCUT2D eigenvalue weighted by molar-refractivity contribution is -0.141. The summed E-state index contributed by atoms with van der Waals surface area (Å²) in [6.07, 6.45) is 1.32. The van der Waals surface area contributed by atoms with Gasteiger partial charge in [0.2, 0.25) is 5.91 Å². The minimum atomic E-state index is -1.23. The molecule has 0 bridgehead atoms. The van der Waals surface area contributed by atoms with E-state index in [9.17, 15) is 9.18 Å². The Morgan fingerprint density at radius 3 is 2.80 bits per heavy atom. The van der Waals surface area contributed by atoms with Gasteiger partial charge in [-0.05, 0) is 33.6 Å². The SMILES string of the molecule is CC(C)OCC(=O)N1CCC[C@@](C)(F)C1. The molecule has 1 aliphatic heterocycles. The van der Waals surface area contributed by atoms with Crippen LogP contribution in [0.1, 0.15) is 33.6 Å². The van der Waals surface area contributed by atoms with Gasteiger partial charge < -0.3 is 9.64 Å². The summed E-state index contributed by atoms with van der Waals surface area (Å²) in [6, 6.07) is 0. The normalized spacial score (nSPS) is 27.1. The summed E-state index contributed by atoms with van der Waals surface area (Å²) in [7, 11) is 0. The summed E-state index contributed by atoms with van der Waals surface area (Å²) in [5.74, 6) is -0.104. The summed E-state index contributed by atoms with van der Waals surface area (Å²) in [6.45, 7) is 6.22. The Morgan fingerprint density at radius 1 is 1.60 bits per heavy atom. The average molecular weight is 217 g/mol. The maximum atomic E-state index is 13.6. The van der Waals surface area contributed by atoms with Crippen LogP contribution in [0.15, 0.2) is 0 Å². The van der Waals surface area contributed by atoms with Gasteiger partial charge in [0.25, 0.3) is 0 Å². The van der Waals surface area contributed by atoms with Crippen LogP contribution >= 0.6 is 0 Å². The molecule has 4 heteroatoms. The number of halogens is 1. The second-order valence-electron chi connectivity index (χ2n) is 4.69. The zero-order valence-corrected chi connectivity index (χ0v) is 9.75. The largest absolute Gasteiger partial charge is 0.369 e. The number of piperidine rings is 1. The van der Waals surface area contributed by atoms with Crippen molar-refractivity contribution >= 4 is 5.91 Å². The van der Waals surface area contributed by atoms with E-state index in [2.05, 4.69) is 0 Å². The van der Waals surface area contributed by atoms with E-state index in [-0.39, 0.29) is 25.2 Å². The van der Waals surface area contributed by atoms with Gasteiger partial charge in [0.1, 0.15) is 12.3 Å². The number of carbonyl (C=O) groups excluding carboxylic acids is 1. The maximum absolute atomic E-state index is 13.6. The molecule has 88 valence electrons.